The van der Waals surface area contributed by atoms with Gasteiger partial charge in [-0.05, 0) is 105 Å². The number of rotatable bonds is 12. The van der Waals surface area contributed by atoms with E-state index in [9.17, 15) is 35.1 Å². The maximum atomic E-state index is 15.3. The number of morpholine rings is 1. The quantitative estimate of drug-likeness (QED) is 0.192. The number of methoxy groups -OCH3 is 1. The van der Waals surface area contributed by atoms with E-state index in [1.165, 1.54) is 25.0 Å². The van der Waals surface area contributed by atoms with Crippen molar-refractivity contribution in [1.82, 2.24) is 24.8 Å². The van der Waals surface area contributed by atoms with Crippen molar-refractivity contribution in [1.29, 1.82) is 0 Å². The highest BCUT2D eigenvalue weighted by molar-refractivity contribution is 5.90. The minimum atomic E-state index is -1.84. The van der Waals surface area contributed by atoms with Crippen molar-refractivity contribution in [3.05, 3.63) is 35.9 Å². The highest BCUT2D eigenvalue weighted by Crippen LogP contribution is 2.45. The number of anilines is 2. The monoisotopic (exact) mass is 1080 g/mol. The Kier molecular flexibility index (Phi) is 19.2. The molecule has 6 heterocycles. The number of benzene rings is 1. The average molecular weight is 1080 g/mol. The lowest BCUT2D eigenvalue weighted by Gasteiger charge is -2.51. The van der Waals surface area contributed by atoms with Crippen LogP contribution in [0.4, 0.5) is 20.6 Å². The molecule has 19 atom stereocenters. The van der Waals surface area contributed by atoms with Crippen LogP contribution in [0.25, 0.3) is 0 Å². The Morgan fingerprint density at radius 2 is 1.64 bits per heavy atom. The lowest BCUT2D eigenvalue weighted by molar-refractivity contribution is -0.303. The molecule has 22 heteroatoms. The van der Waals surface area contributed by atoms with E-state index in [1.54, 1.807) is 64.6 Å². The molecule has 1 aromatic carbocycles. The second kappa shape index (κ2) is 24.4. The fraction of sp³-hybridized carbons (Fsp3) is 0.815. The summed E-state index contributed by atoms with van der Waals surface area (Å²) in [5, 5.41) is 69.0. The lowest BCUT2D eigenvalue weighted by Crippen LogP contribution is -2.62. The van der Waals surface area contributed by atoms with Gasteiger partial charge >= 0.3 is 12.1 Å². The first kappa shape index (κ1) is 60.0. The Morgan fingerprint density at radius 1 is 0.947 bits per heavy atom. The van der Waals surface area contributed by atoms with E-state index < -0.39 is 126 Å². The second-order valence-electron chi connectivity index (χ2n) is 23.5. The predicted molar refractivity (Wildman–Crippen MR) is 278 cm³/mol. The van der Waals surface area contributed by atoms with E-state index in [4.69, 9.17) is 33.2 Å². The number of carbonyl (C=O) groups is 2. The Morgan fingerprint density at radius 3 is 2.30 bits per heavy atom. The summed E-state index contributed by atoms with van der Waals surface area (Å²) in [6.07, 6.45) is -7.38. The molecule has 5 aliphatic rings. The number of cyclic esters (lactones) is 2. The van der Waals surface area contributed by atoms with Crippen LogP contribution in [0, 0.1) is 29.5 Å². The molecule has 5 saturated heterocycles. The van der Waals surface area contributed by atoms with Gasteiger partial charge in [-0.15, -0.1) is 5.10 Å². The summed E-state index contributed by atoms with van der Waals surface area (Å²) >= 11 is 0. The lowest BCUT2D eigenvalue weighted by atomic mass is 9.68. The van der Waals surface area contributed by atoms with Gasteiger partial charge in [0.15, 0.2) is 6.29 Å². The number of likely N-dealkylation sites (N-methyl/N-ethyl adjacent to an activating group) is 2. The van der Waals surface area contributed by atoms with Crippen LogP contribution in [-0.2, 0) is 51.0 Å². The number of aliphatic hydroxyl groups is 5. The fourth-order valence-electron chi connectivity index (χ4n) is 12.8. The zero-order chi connectivity index (χ0) is 55.8. The van der Waals surface area contributed by atoms with Gasteiger partial charge in [-0.1, -0.05) is 32.9 Å². The highest BCUT2D eigenvalue weighted by atomic mass is 19.1. The number of nitrogens with zero attached hydrogens (tertiary/aromatic N) is 7. The van der Waals surface area contributed by atoms with Crippen molar-refractivity contribution in [3.8, 4) is 0 Å². The summed E-state index contributed by atoms with van der Waals surface area (Å²) in [6.45, 7) is 21.0. The van der Waals surface area contributed by atoms with E-state index in [0.29, 0.717) is 56.3 Å². The molecular formula is C54H88FN7O14. The molecule has 7 rings (SSSR count). The third-order valence-corrected chi connectivity index (χ3v) is 17.3. The SMILES string of the molecule is CC[C@H]1OC(=O)[C@H](C)C([C@H]2C[C@@](C)(OC)[C@@H](O)[C@H](C)O2)[C@H](C)[C@@H](O[C@@H]2O[C@H](C)C[C@H](N(C)Cc3cn(C[C@H]4CN(c5ccc(N6CCOCC6)c(F)c5)C(=O)O4)nn3)[C@H]2O)[C@](C)(O)C[C@@H](C)CN(C)[C@H](C)[C@@H](O)[C@]1(C)O. The average Bonchev–Trinajstić information content (AvgIpc) is 3.97. The maximum Gasteiger partial charge on any atom is 0.414 e. The Labute approximate surface area is 447 Å². The molecule has 0 aliphatic carbocycles. The van der Waals surface area contributed by atoms with Gasteiger partial charge in [-0.2, -0.15) is 0 Å². The number of aromatic nitrogens is 3. The fourth-order valence-corrected chi connectivity index (χ4v) is 12.8. The third-order valence-electron chi connectivity index (χ3n) is 17.3. The first-order valence-electron chi connectivity index (χ1n) is 27.3. The zero-order valence-electron chi connectivity index (χ0n) is 47.0. The van der Waals surface area contributed by atoms with Gasteiger partial charge in [0.05, 0.1) is 84.9 Å². The Balaban J connectivity index is 1.11. The number of esters is 1. The minimum Gasteiger partial charge on any atom is -0.459 e. The third kappa shape index (κ3) is 13.0. The van der Waals surface area contributed by atoms with Crippen LogP contribution >= 0.6 is 0 Å². The van der Waals surface area contributed by atoms with Gasteiger partial charge in [-0.25, -0.2) is 13.9 Å². The normalized spacial score (nSPS) is 40.9. The zero-order valence-corrected chi connectivity index (χ0v) is 47.0. The molecule has 5 fully saturated rings. The van der Waals surface area contributed by atoms with E-state index in [-0.39, 0.29) is 44.8 Å². The molecule has 21 nitrogen and oxygen atoms in total. The van der Waals surface area contributed by atoms with Gasteiger partial charge in [-0.3, -0.25) is 14.6 Å². The van der Waals surface area contributed by atoms with Crippen LogP contribution in [0.3, 0.4) is 0 Å². The smallest absolute Gasteiger partial charge is 0.414 e. The molecular weight excluding hydrogens is 990 g/mol. The summed E-state index contributed by atoms with van der Waals surface area (Å²) in [6, 6.07) is 3.62. The summed E-state index contributed by atoms with van der Waals surface area (Å²) in [5.41, 5.74) is -3.13. The molecule has 0 spiro atoms. The van der Waals surface area contributed by atoms with Crippen molar-refractivity contribution in [2.24, 2.45) is 23.7 Å². The van der Waals surface area contributed by atoms with Gasteiger partial charge in [0, 0.05) is 63.9 Å². The highest BCUT2D eigenvalue weighted by Gasteiger charge is 2.55. The predicted octanol–water partition coefficient (Wildman–Crippen LogP) is 3.34. The van der Waals surface area contributed by atoms with Crippen LogP contribution < -0.4 is 9.80 Å². The standard InChI is InChI=1S/C54H88FN7O14/c1-14-43-54(10,69)46(64)34(6)58(11)25-30(2)23-52(8,68)48(32(4)44(33(5)49(66)75-43)42-24-53(9,70-13)47(65)35(7)73-42)76-50-45(63)41(21-31(3)72-50)59(12)26-36-27-61(57-56-36)28-38-29-62(51(67)74-38)37-15-16-40(39(55)22-37)60-17-19-71-20-18-60/h15-16,22,27,30-35,38,41-48,50,63-65,68-69H,14,17-21,23-26,28-29H2,1-13H3/t30-,31-,32+,33-,34-,35+,38+,41+,42-,43-,44?,45-,46-,47+,48-,50+,52-,53-,54-/m1/s1. The van der Waals surface area contributed by atoms with Crippen LogP contribution in [0.1, 0.15) is 101 Å². The Bertz CT molecular complexity index is 2260. The number of carbonyl (C=O) groups excluding carboxylic acids is 2. The van der Waals surface area contributed by atoms with Gasteiger partial charge in [0.1, 0.15) is 41.9 Å². The molecule has 430 valence electrons. The minimum absolute atomic E-state index is 0.163. The summed E-state index contributed by atoms with van der Waals surface area (Å²) < 4.78 is 60.2. The molecule has 0 saturated carbocycles. The molecule has 5 N–H and O–H groups in total. The molecule has 1 aromatic heterocycles. The summed E-state index contributed by atoms with van der Waals surface area (Å²) in [4.78, 5) is 34.9. The van der Waals surface area contributed by atoms with Crippen molar-refractivity contribution < 1.29 is 72.7 Å². The topological polar surface area (TPSA) is 244 Å². The summed E-state index contributed by atoms with van der Waals surface area (Å²) in [5.74, 6) is -3.75. The van der Waals surface area contributed by atoms with Crippen LogP contribution in [0.15, 0.2) is 24.4 Å². The number of hydrogen-bond donors (Lipinski definition) is 5. The molecule has 1 unspecified atom stereocenters. The molecule has 0 radical (unpaired) electrons. The first-order chi connectivity index (χ1) is 35.7. The number of ether oxygens (including phenoxy) is 7. The second-order valence-corrected chi connectivity index (χ2v) is 23.5. The van der Waals surface area contributed by atoms with Gasteiger partial charge < -0.3 is 68.5 Å². The van der Waals surface area contributed by atoms with E-state index in [0.717, 1.165) is 0 Å². The van der Waals surface area contributed by atoms with Crippen molar-refractivity contribution in [2.75, 3.05) is 70.4 Å². The Hall–Kier alpha value is -3.65. The van der Waals surface area contributed by atoms with Crippen LogP contribution in [-0.4, -0.2) is 213 Å². The van der Waals surface area contributed by atoms with Crippen LogP contribution in [0.5, 0.6) is 0 Å². The molecule has 76 heavy (non-hydrogen) atoms. The number of halogens is 1. The van der Waals surface area contributed by atoms with Crippen molar-refractivity contribution >= 4 is 23.4 Å². The van der Waals surface area contributed by atoms with E-state index in [1.807, 2.05) is 49.6 Å². The van der Waals surface area contributed by atoms with Gasteiger partial charge in [0.2, 0.25) is 0 Å². The van der Waals surface area contributed by atoms with Crippen LogP contribution in [0.2, 0.25) is 0 Å². The maximum absolute atomic E-state index is 15.3. The largest absolute Gasteiger partial charge is 0.459 e. The molecule has 5 aliphatic heterocycles. The van der Waals surface area contributed by atoms with Crippen molar-refractivity contribution in [3.63, 3.8) is 0 Å². The van der Waals surface area contributed by atoms with Gasteiger partial charge in [0.25, 0.3) is 0 Å². The number of amides is 1. The number of aliphatic hydroxyl groups excluding tert-OH is 3. The van der Waals surface area contributed by atoms with Crippen molar-refractivity contribution in [2.45, 2.75) is 198 Å². The molecule has 1 amide bonds. The van der Waals surface area contributed by atoms with E-state index >= 15 is 4.39 Å². The molecule has 0 bridgehead atoms. The number of hydrogen-bond acceptors (Lipinski definition) is 19. The first-order valence-corrected chi connectivity index (χ1v) is 27.3. The molecule has 2 aromatic rings. The summed E-state index contributed by atoms with van der Waals surface area (Å²) in [7, 11) is 5.21. The van der Waals surface area contributed by atoms with E-state index in [2.05, 4.69) is 10.3 Å².